The van der Waals surface area contributed by atoms with Gasteiger partial charge in [-0.25, -0.2) is 4.39 Å². The molecule has 2 N–H and O–H groups in total. The number of amides is 2. The van der Waals surface area contributed by atoms with Gasteiger partial charge < -0.3 is 20.3 Å². The van der Waals surface area contributed by atoms with E-state index >= 15 is 0 Å². The molecule has 3 aromatic carbocycles. The average molecular weight is 474 g/mol. The predicted octanol–water partition coefficient (Wildman–Crippen LogP) is 4.55. The number of carbonyl (C=O) groups is 2. The number of ether oxygens (including phenoxy) is 1. The lowest BCUT2D eigenvalue weighted by Crippen LogP contribution is -2.35. The Bertz CT molecular complexity index is 1220. The highest BCUT2D eigenvalue weighted by molar-refractivity contribution is 6.06. The molecule has 0 radical (unpaired) electrons. The van der Waals surface area contributed by atoms with E-state index in [1.54, 1.807) is 12.1 Å². The first-order valence-corrected chi connectivity index (χ1v) is 12.0. The van der Waals surface area contributed by atoms with Crippen LogP contribution in [0.25, 0.3) is 0 Å². The number of hydrogen-bond donors (Lipinski definition) is 2. The summed E-state index contributed by atoms with van der Waals surface area (Å²) in [5.74, 6) is -0.971. The van der Waals surface area contributed by atoms with E-state index in [-0.39, 0.29) is 17.9 Å². The third-order valence-corrected chi connectivity index (χ3v) is 6.59. The monoisotopic (exact) mass is 473 g/mol. The molecule has 1 fully saturated rings. The van der Waals surface area contributed by atoms with Crippen LogP contribution in [0, 0.1) is 5.82 Å². The molecule has 0 aromatic heterocycles. The number of fused-ring (bicyclic) bond motifs is 1. The number of carbonyl (C=O) groups excluding carboxylic acids is 2. The Morgan fingerprint density at radius 1 is 1.00 bits per heavy atom. The van der Waals surface area contributed by atoms with Gasteiger partial charge in [-0.05, 0) is 72.9 Å². The van der Waals surface area contributed by atoms with Gasteiger partial charge in [0, 0.05) is 43.2 Å². The summed E-state index contributed by atoms with van der Waals surface area (Å²) in [6.45, 7) is 2.69. The summed E-state index contributed by atoms with van der Waals surface area (Å²) in [5, 5.41) is 5.84. The van der Waals surface area contributed by atoms with Crippen molar-refractivity contribution in [2.24, 2.45) is 0 Å². The molecular weight excluding hydrogens is 445 g/mol. The van der Waals surface area contributed by atoms with Crippen LogP contribution < -0.4 is 15.5 Å². The van der Waals surface area contributed by atoms with Gasteiger partial charge in [0.1, 0.15) is 5.82 Å². The highest BCUT2D eigenvalue weighted by atomic mass is 19.1. The maximum Gasteiger partial charge on any atom is 0.255 e. The number of rotatable bonds is 6. The molecule has 1 atom stereocenters. The molecule has 1 saturated heterocycles. The largest absolute Gasteiger partial charge is 0.376 e. The first-order valence-electron chi connectivity index (χ1n) is 12.0. The Morgan fingerprint density at radius 3 is 2.57 bits per heavy atom. The Labute approximate surface area is 204 Å². The SMILES string of the molecule is O=C(Nc1ccc(N2CCc3ccccc3C2)c(C(=O)NCC2CCCO2)c1)c1ccc(F)cc1. The van der Waals surface area contributed by atoms with Gasteiger partial charge >= 0.3 is 0 Å². The van der Waals surface area contributed by atoms with Gasteiger partial charge in [-0.2, -0.15) is 0 Å². The standard InChI is InChI=1S/C28H28FN3O3/c29-22-9-7-20(8-10-22)27(33)31-23-11-12-26(32-14-13-19-4-1-2-5-21(19)18-32)25(16-23)28(34)30-17-24-6-3-15-35-24/h1-2,4-5,7-12,16,24H,3,6,13-15,17-18H2,(H,30,34)(H,31,33). The van der Waals surface area contributed by atoms with Gasteiger partial charge in [0.2, 0.25) is 0 Å². The first-order chi connectivity index (χ1) is 17.1. The second-order valence-corrected chi connectivity index (χ2v) is 8.98. The van der Waals surface area contributed by atoms with Crippen LogP contribution in [0.15, 0.2) is 66.7 Å². The van der Waals surface area contributed by atoms with Crippen LogP contribution in [0.4, 0.5) is 15.8 Å². The Hall–Kier alpha value is -3.71. The molecule has 0 spiro atoms. The van der Waals surface area contributed by atoms with Gasteiger partial charge in [-0.1, -0.05) is 24.3 Å². The fourth-order valence-electron chi connectivity index (χ4n) is 4.68. The van der Waals surface area contributed by atoms with Crippen molar-refractivity contribution in [3.8, 4) is 0 Å². The van der Waals surface area contributed by atoms with Crippen molar-refractivity contribution < 1.29 is 18.7 Å². The molecule has 6 nitrogen and oxygen atoms in total. The smallest absolute Gasteiger partial charge is 0.255 e. The normalized spacial score (nSPS) is 17.1. The van der Waals surface area contributed by atoms with Crippen molar-refractivity contribution >= 4 is 23.2 Å². The van der Waals surface area contributed by atoms with Crippen molar-refractivity contribution in [1.29, 1.82) is 0 Å². The third kappa shape index (κ3) is 5.35. The molecule has 3 aromatic rings. The van der Waals surface area contributed by atoms with Gasteiger partial charge in [0.25, 0.3) is 11.8 Å². The lowest BCUT2D eigenvalue weighted by Gasteiger charge is -2.32. The average Bonchev–Trinajstić information content (AvgIpc) is 3.41. The molecule has 0 bridgehead atoms. The van der Waals surface area contributed by atoms with Crippen LogP contribution in [0.1, 0.15) is 44.7 Å². The summed E-state index contributed by atoms with van der Waals surface area (Å²) in [7, 11) is 0. The number of hydrogen-bond acceptors (Lipinski definition) is 4. The summed E-state index contributed by atoms with van der Waals surface area (Å²) < 4.78 is 18.9. The molecule has 0 saturated carbocycles. The van der Waals surface area contributed by atoms with E-state index in [2.05, 4.69) is 33.7 Å². The molecule has 2 heterocycles. The Morgan fingerprint density at radius 2 is 1.80 bits per heavy atom. The highest BCUT2D eigenvalue weighted by Crippen LogP contribution is 2.30. The third-order valence-electron chi connectivity index (χ3n) is 6.59. The second kappa shape index (κ2) is 10.3. The Kier molecular flexibility index (Phi) is 6.77. The zero-order valence-corrected chi connectivity index (χ0v) is 19.4. The number of halogens is 1. The summed E-state index contributed by atoms with van der Waals surface area (Å²) in [5.41, 5.74) is 4.74. The van der Waals surface area contributed by atoms with Gasteiger partial charge in [0.15, 0.2) is 0 Å². The quantitative estimate of drug-likeness (QED) is 0.551. The molecule has 0 aliphatic carbocycles. The Balaban J connectivity index is 1.39. The zero-order valence-electron chi connectivity index (χ0n) is 19.4. The van der Waals surface area contributed by atoms with Crippen LogP contribution in [-0.4, -0.2) is 37.6 Å². The lowest BCUT2D eigenvalue weighted by molar-refractivity contribution is 0.0858. The molecular formula is C28H28FN3O3. The number of nitrogens with zero attached hydrogens (tertiary/aromatic N) is 1. The van der Waals surface area contributed by atoms with Crippen molar-refractivity contribution in [2.45, 2.75) is 31.9 Å². The molecule has 35 heavy (non-hydrogen) atoms. The van der Waals surface area contributed by atoms with E-state index < -0.39 is 5.82 Å². The number of anilines is 2. The van der Waals surface area contributed by atoms with Crippen LogP contribution in [0.5, 0.6) is 0 Å². The summed E-state index contributed by atoms with van der Waals surface area (Å²) in [6.07, 6.45) is 2.87. The summed E-state index contributed by atoms with van der Waals surface area (Å²) in [4.78, 5) is 28.2. The molecule has 1 unspecified atom stereocenters. The minimum Gasteiger partial charge on any atom is -0.376 e. The highest BCUT2D eigenvalue weighted by Gasteiger charge is 2.23. The fourth-order valence-corrected chi connectivity index (χ4v) is 4.68. The maximum absolute atomic E-state index is 13.3. The molecule has 2 aliphatic heterocycles. The van der Waals surface area contributed by atoms with Gasteiger partial charge in [0.05, 0.1) is 11.7 Å². The van der Waals surface area contributed by atoms with E-state index in [1.165, 1.54) is 35.4 Å². The minimum absolute atomic E-state index is 0.0330. The van der Waals surface area contributed by atoms with Gasteiger partial charge in [-0.3, -0.25) is 9.59 Å². The van der Waals surface area contributed by atoms with Crippen molar-refractivity contribution in [1.82, 2.24) is 5.32 Å². The summed E-state index contributed by atoms with van der Waals surface area (Å²) >= 11 is 0. The van der Waals surface area contributed by atoms with Crippen LogP contribution >= 0.6 is 0 Å². The number of nitrogens with one attached hydrogen (secondary N) is 2. The van der Waals surface area contributed by atoms with E-state index in [0.29, 0.717) is 29.9 Å². The molecule has 2 aliphatic rings. The lowest BCUT2D eigenvalue weighted by atomic mass is 9.98. The van der Waals surface area contributed by atoms with Crippen molar-refractivity contribution in [3.63, 3.8) is 0 Å². The topological polar surface area (TPSA) is 70.7 Å². The number of benzene rings is 3. The van der Waals surface area contributed by atoms with E-state index in [4.69, 9.17) is 4.74 Å². The van der Waals surface area contributed by atoms with E-state index in [0.717, 1.165) is 38.1 Å². The minimum atomic E-state index is -0.404. The van der Waals surface area contributed by atoms with Gasteiger partial charge in [-0.15, -0.1) is 0 Å². The van der Waals surface area contributed by atoms with E-state index in [1.807, 2.05) is 12.1 Å². The molecule has 180 valence electrons. The zero-order chi connectivity index (χ0) is 24.2. The molecule has 7 heteroatoms. The molecule has 2 amide bonds. The fraction of sp³-hybridized carbons (Fsp3) is 0.286. The predicted molar refractivity (Wildman–Crippen MR) is 133 cm³/mol. The summed E-state index contributed by atoms with van der Waals surface area (Å²) in [6, 6.07) is 19.1. The van der Waals surface area contributed by atoms with Crippen LogP contribution in [0.2, 0.25) is 0 Å². The van der Waals surface area contributed by atoms with Crippen molar-refractivity contribution in [2.75, 3.05) is 29.9 Å². The van der Waals surface area contributed by atoms with Crippen LogP contribution in [-0.2, 0) is 17.7 Å². The second-order valence-electron chi connectivity index (χ2n) is 8.98. The first kappa shape index (κ1) is 23.1. The van der Waals surface area contributed by atoms with Crippen LogP contribution in [0.3, 0.4) is 0 Å². The maximum atomic E-state index is 13.3. The van der Waals surface area contributed by atoms with E-state index in [9.17, 15) is 14.0 Å². The molecule has 5 rings (SSSR count). The van der Waals surface area contributed by atoms with Crippen molar-refractivity contribution in [3.05, 3.63) is 94.8 Å².